The molecule has 0 spiro atoms. The molecule has 0 N–H and O–H groups in total. The van der Waals surface area contributed by atoms with E-state index in [4.69, 9.17) is 5.26 Å². The van der Waals surface area contributed by atoms with Crippen molar-refractivity contribution in [2.75, 3.05) is 6.16 Å². The van der Waals surface area contributed by atoms with Gasteiger partial charge in [-0.05, 0) is 55.7 Å². The Hall–Kier alpha value is -1.94. The molecule has 0 aromatic heterocycles. The molecule has 0 amide bonds. The van der Waals surface area contributed by atoms with Crippen LogP contribution < -0.4 is 15.9 Å². The normalized spacial score (nSPS) is 10.6. The van der Waals surface area contributed by atoms with E-state index in [-0.39, 0.29) is 17.0 Å². The molecule has 0 aliphatic carbocycles. The van der Waals surface area contributed by atoms with Gasteiger partial charge in [-0.2, -0.15) is 5.26 Å². The predicted octanol–water partition coefficient (Wildman–Crippen LogP) is 5.64. The standard InChI is InChI=1S/C24H25NP.BrH/c25-20-12-1-2-13-21-26(22-14-6-3-7-15-22,23-16-8-4-9-17-23)24-18-10-5-11-19-24;/h3-11,14-19H,1-2,12-13,21H2;1H/q+1;. The van der Waals surface area contributed by atoms with Crippen LogP contribution in [0.2, 0.25) is 0 Å². The summed E-state index contributed by atoms with van der Waals surface area (Å²) in [5, 5.41) is 13.1. The van der Waals surface area contributed by atoms with Crippen molar-refractivity contribution in [3.63, 3.8) is 0 Å². The van der Waals surface area contributed by atoms with Gasteiger partial charge in [0, 0.05) is 6.42 Å². The molecule has 0 saturated heterocycles. The Morgan fingerprint density at radius 2 is 1.00 bits per heavy atom. The molecule has 0 heterocycles. The van der Waals surface area contributed by atoms with E-state index in [1.807, 2.05) is 0 Å². The van der Waals surface area contributed by atoms with Gasteiger partial charge in [0.15, 0.2) is 0 Å². The molecular weight excluding hydrogens is 413 g/mol. The summed E-state index contributed by atoms with van der Waals surface area (Å²) in [5.41, 5.74) is 0. The quantitative estimate of drug-likeness (QED) is 0.329. The smallest absolute Gasteiger partial charge is 0.112 e. The van der Waals surface area contributed by atoms with Gasteiger partial charge in [0.05, 0.1) is 12.2 Å². The topological polar surface area (TPSA) is 23.8 Å². The van der Waals surface area contributed by atoms with Crippen LogP contribution in [0.25, 0.3) is 0 Å². The van der Waals surface area contributed by atoms with Crippen LogP contribution in [0, 0.1) is 11.3 Å². The summed E-state index contributed by atoms with van der Waals surface area (Å²) in [6, 6.07) is 35.3. The third-order valence-corrected chi connectivity index (χ3v) is 9.40. The number of nitriles is 1. The molecule has 3 heteroatoms. The summed E-state index contributed by atoms with van der Waals surface area (Å²) in [5.74, 6) is 0. The van der Waals surface area contributed by atoms with Crippen molar-refractivity contribution in [1.82, 2.24) is 0 Å². The van der Waals surface area contributed by atoms with Crippen LogP contribution in [0.15, 0.2) is 91.0 Å². The minimum absolute atomic E-state index is 0. The summed E-state index contributed by atoms with van der Waals surface area (Å²) in [6.07, 6.45) is 5.06. The van der Waals surface area contributed by atoms with Gasteiger partial charge < -0.3 is 0 Å². The maximum Gasteiger partial charge on any atom is 0.112 e. The molecule has 0 bridgehead atoms. The lowest BCUT2D eigenvalue weighted by atomic mass is 10.2. The first-order chi connectivity index (χ1) is 12.9. The van der Waals surface area contributed by atoms with Crippen molar-refractivity contribution in [3.8, 4) is 6.07 Å². The first-order valence-electron chi connectivity index (χ1n) is 9.30. The van der Waals surface area contributed by atoms with E-state index in [0.717, 1.165) is 25.4 Å². The van der Waals surface area contributed by atoms with E-state index in [2.05, 4.69) is 97.1 Å². The number of halogens is 1. The molecule has 27 heavy (non-hydrogen) atoms. The minimum atomic E-state index is -1.68. The molecule has 1 nitrogen and oxygen atoms in total. The summed E-state index contributed by atoms with van der Waals surface area (Å²) >= 11 is 0. The minimum Gasteiger partial charge on any atom is -0.198 e. The summed E-state index contributed by atoms with van der Waals surface area (Å²) in [4.78, 5) is 0. The highest BCUT2D eigenvalue weighted by Gasteiger charge is 2.44. The number of rotatable bonds is 8. The highest BCUT2D eigenvalue weighted by Crippen LogP contribution is 2.55. The molecule has 0 fully saturated rings. The highest BCUT2D eigenvalue weighted by atomic mass is 79.9. The average Bonchev–Trinajstić information content (AvgIpc) is 2.73. The Morgan fingerprint density at radius 3 is 1.37 bits per heavy atom. The molecule has 138 valence electrons. The SMILES string of the molecule is Br.N#CCCCCC[P+](c1ccccc1)(c1ccccc1)c1ccccc1. The molecule has 0 radical (unpaired) electrons. The van der Waals surface area contributed by atoms with E-state index < -0.39 is 7.26 Å². The largest absolute Gasteiger partial charge is 0.198 e. The summed E-state index contributed by atoms with van der Waals surface area (Å²) in [7, 11) is -1.68. The fourth-order valence-electron chi connectivity index (χ4n) is 3.61. The van der Waals surface area contributed by atoms with Crippen LogP contribution in [-0.2, 0) is 0 Å². The van der Waals surface area contributed by atoms with Crippen LogP contribution in [-0.4, -0.2) is 6.16 Å². The van der Waals surface area contributed by atoms with E-state index in [1.54, 1.807) is 0 Å². The van der Waals surface area contributed by atoms with Gasteiger partial charge in [0.25, 0.3) is 0 Å². The van der Waals surface area contributed by atoms with Gasteiger partial charge in [-0.15, -0.1) is 17.0 Å². The molecule has 3 aromatic carbocycles. The number of unbranched alkanes of at least 4 members (excludes halogenated alkanes) is 3. The third kappa shape index (κ3) is 5.07. The van der Waals surface area contributed by atoms with E-state index >= 15 is 0 Å². The molecule has 0 aliphatic rings. The van der Waals surface area contributed by atoms with Crippen LogP contribution in [0.5, 0.6) is 0 Å². The van der Waals surface area contributed by atoms with E-state index in [1.165, 1.54) is 15.9 Å². The van der Waals surface area contributed by atoms with Gasteiger partial charge in [-0.3, -0.25) is 0 Å². The molecular formula is C24H26BrNP+. The van der Waals surface area contributed by atoms with Crippen molar-refractivity contribution in [2.45, 2.75) is 25.7 Å². The highest BCUT2D eigenvalue weighted by molar-refractivity contribution is 8.93. The zero-order valence-electron chi connectivity index (χ0n) is 15.5. The van der Waals surface area contributed by atoms with Crippen LogP contribution in [0.4, 0.5) is 0 Å². The van der Waals surface area contributed by atoms with Gasteiger partial charge in [0.1, 0.15) is 23.2 Å². The average molecular weight is 439 g/mol. The number of hydrogen-bond donors (Lipinski definition) is 0. The van der Waals surface area contributed by atoms with Crippen LogP contribution >= 0.6 is 24.2 Å². The lowest BCUT2D eigenvalue weighted by molar-refractivity contribution is 0.737. The molecule has 3 rings (SSSR count). The van der Waals surface area contributed by atoms with Gasteiger partial charge in [-0.25, -0.2) is 0 Å². The fraction of sp³-hybridized carbons (Fsp3) is 0.208. The first kappa shape index (κ1) is 21.4. The van der Waals surface area contributed by atoms with Crippen molar-refractivity contribution < 1.29 is 0 Å². The molecule has 0 unspecified atom stereocenters. The molecule has 3 aromatic rings. The predicted molar refractivity (Wildman–Crippen MR) is 124 cm³/mol. The Labute approximate surface area is 174 Å². The van der Waals surface area contributed by atoms with E-state index in [0.29, 0.717) is 6.42 Å². The zero-order chi connectivity index (χ0) is 18.1. The van der Waals surface area contributed by atoms with Crippen molar-refractivity contribution in [3.05, 3.63) is 91.0 Å². The molecule has 0 aliphatic heterocycles. The Morgan fingerprint density at radius 1 is 0.593 bits per heavy atom. The number of nitrogens with zero attached hydrogens (tertiary/aromatic N) is 1. The molecule has 0 saturated carbocycles. The molecule has 0 atom stereocenters. The van der Waals surface area contributed by atoms with E-state index in [9.17, 15) is 0 Å². The van der Waals surface area contributed by atoms with Gasteiger partial charge >= 0.3 is 0 Å². The summed E-state index contributed by atoms with van der Waals surface area (Å²) in [6.45, 7) is 0. The van der Waals surface area contributed by atoms with Gasteiger partial charge in [0.2, 0.25) is 0 Å². The second-order valence-electron chi connectivity index (χ2n) is 6.51. The lowest BCUT2D eigenvalue weighted by Gasteiger charge is -2.27. The zero-order valence-corrected chi connectivity index (χ0v) is 18.1. The monoisotopic (exact) mass is 438 g/mol. The van der Waals surface area contributed by atoms with Crippen molar-refractivity contribution in [2.24, 2.45) is 0 Å². The second kappa shape index (κ2) is 11.0. The number of hydrogen-bond acceptors (Lipinski definition) is 1. The maximum absolute atomic E-state index is 8.82. The fourth-order valence-corrected chi connectivity index (χ4v) is 8.02. The Kier molecular flexibility index (Phi) is 8.73. The maximum atomic E-state index is 8.82. The first-order valence-corrected chi connectivity index (χ1v) is 11.3. The number of benzene rings is 3. The third-order valence-electron chi connectivity index (χ3n) is 4.87. The summed E-state index contributed by atoms with van der Waals surface area (Å²) < 4.78 is 0. The van der Waals surface area contributed by atoms with Crippen LogP contribution in [0.3, 0.4) is 0 Å². The Balaban J connectivity index is 0.00000261. The van der Waals surface area contributed by atoms with Crippen molar-refractivity contribution >= 4 is 40.2 Å². The Bertz CT molecular complexity index is 732. The lowest BCUT2D eigenvalue weighted by Crippen LogP contribution is -2.33. The second-order valence-corrected chi connectivity index (χ2v) is 10.1. The van der Waals surface area contributed by atoms with Crippen LogP contribution in [0.1, 0.15) is 25.7 Å². The van der Waals surface area contributed by atoms with Crippen molar-refractivity contribution in [1.29, 1.82) is 5.26 Å². The van der Waals surface area contributed by atoms with Gasteiger partial charge in [-0.1, -0.05) is 54.6 Å².